The van der Waals surface area contributed by atoms with E-state index in [2.05, 4.69) is 11.8 Å². The molecule has 148 valence electrons. The highest BCUT2D eigenvalue weighted by Crippen LogP contribution is 2.23. The summed E-state index contributed by atoms with van der Waals surface area (Å²) in [6, 6.07) is 1.71. The molecule has 0 N–H and O–H groups in total. The molecular weight excluding hydrogens is 359 g/mol. The molecule has 1 aromatic carbocycles. The molecule has 2 heterocycles. The molecule has 2 aliphatic heterocycles. The summed E-state index contributed by atoms with van der Waals surface area (Å²) in [7, 11) is 0. The Bertz CT molecular complexity index is 712. The summed E-state index contributed by atoms with van der Waals surface area (Å²) in [5, 5.41) is 0. The van der Waals surface area contributed by atoms with Gasteiger partial charge in [0.2, 0.25) is 5.91 Å². The van der Waals surface area contributed by atoms with Crippen LogP contribution in [-0.4, -0.2) is 72.3 Å². The van der Waals surface area contributed by atoms with E-state index < -0.39 is 28.9 Å². The number of rotatable bonds is 3. The van der Waals surface area contributed by atoms with Gasteiger partial charge in [-0.05, 0) is 31.5 Å². The van der Waals surface area contributed by atoms with Crippen LogP contribution < -0.4 is 0 Å². The second-order valence-electron chi connectivity index (χ2n) is 7.05. The molecule has 2 amide bonds. The van der Waals surface area contributed by atoms with Gasteiger partial charge in [-0.2, -0.15) is 0 Å². The van der Waals surface area contributed by atoms with Crippen molar-refractivity contribution in [2.24, 2.45) is 5.92 Å². The number of likely N-dealkylation sites (tertiary alicyclic amines) is 1. The highest BCUT2D eigenvalue weighted by Gasteiger charge is 2.32. The van der Waals surface area contributed by atoms with E-state index >= 15 is 0 Å². The van der Waals surface area contributed by atoms with Gasteiger partial charge in [0.1, 0.15) is 0 Å². The Morgan fingerprint density at radius 1 is 0.926 bits per heavy atom. The molecule has 3 rings (SSSR count). The first kappa shape index (κ1) is 19.7. The Hall–Kier alpha value is -2.09. The number of halogens is 3. The molecule has 2 saturated heterocycles. The summed E-state index contributed by atoms with van der Waals surface area (Å²) in [6.45, 7) is 6.83. The molecule has 0 radical (unpaired) electrons. The molecule has 0 bridgehead atoms. The second kappa shape index (κ2) is 8.29. The minimum absolute atomic E-state index is 0.108. The van der Waals surface area contributed by atoms with E-state index in [1.54, 1.807) is 0 Å². The fraction of sp³-hybridized carbons (Fsp3) is 0.579. The van der Waals surface area contributed by atoms with Crippen molar-refractivity contribution in [1.82, 2.24) is 14.7 Å². The summed E-state index contributed by atoms with van der Waals surface area (Å²) in [5.41, 5.74) is -0.477. The highest BCUT2D eigenvalue weighted by atomic mass is 19.2. The first-order chi connectivity index (χ1) is 12.9. The molecule has 0 atom stereocenters. The molecule has 0 saturated carbocycles. The van der Waals surface area contributed by atoms with E-state index in [0.29, 0.717) is 39.0 Å². The number of piperidine rings is 1. The van der Waals surface area contributed by atoms with Crippen LogP contribution in [0, 0.1) is 23.4 Å². The van der Waals surface area contributed by atoms with Crippen LogP contribution in [0.4, 0.5) is 13.2 Å². The van der Waals surface area contributed by atoms with Crippen molar-refractivity contribution in [2.75, 3.05) is 45.8 Å². The van der Waals surface area contributed by atoms with Crippen LogP contribution in [0.1, 0.15) is 30.1 Å². The fourth-order valence-electron chi connectivity index (χ4n) is 3.73. The zero-order valence-corrected chi connectivity index (χ0v) is 15.4. The Kier molecular flexibility index (Phi) is 6.04. The molecule has 0 unspecified atom stereocenters. The number of amides is 2. The average Bonchev–Trinajstić information content (AvgIpc) is 2.71. The van der Waals surface area contributed by atoms with E-state index in [0.717, 1.165) is 31.8 Å². The van der Waals surface area contributed by atoms with E-state index in [-0.39, 0.29) is 11.8 Å². The Labute approximate surface area is 156 Å². The number of likely N-dealkylation sites (N-methyl/N-ethyl adjacent to an activating group) is 1. The van der Waals surface area contributed by atoms with Crippen LogP contribution in [0.25, 0.3) is 0 Å². The smallest absolute Gasteiger partial charge is 0.256 e. The van der Waals surface area contributed by atoms with Crippen molar-refractivity contribution in [3.63, 3.8) is 0 Å². The summed E-state index contributed by atoms with van der Waals surface area (Å²) in [5.74, 6) is -5.15. The van der Waals surface area contributed by atoms with E-state index in [1.807, 2.05) is 4.90 Å². The van der Waals surface area contributed by atoms with Crippen molar-refractivity contribution in [2.45, 2.75) is 19.8 Å². The van der Waals surface area contributed by atoms with Gasteiger partial charge in [-0.25, -0.2) is 13.2 Å². The largest absolute Gasteiger partial charge is 0.340 e. The summed E-state index contributed by atoms with van der Waals surface area (Å²) >= 11 is 0. The Morgan fingerprint density at radius 3 is 2.15 bits per heavy atom. The van der Waals surface area contributed by atoms with Crippen molar-refractivity contribution in [1.29, 1.82) is 0 Å². The quantitative estimate of drug-likeness (QED) is 0.751. The fourth-order valence-corrected chi connectivity index (χ4v) is 3.73. The van der Waals surface area contributed by atoms with Crippen molar-refractivity contribution >= 4 is 11.8 Å². The molecule has 27 heavy (non-hydrogen) atoms. The SMILES string of the molecule is CCN1CCN(C(=O)C2CCN(C(=O)c3ccc(F)c(F)c3F)CC2)CC1. The molecule has 8 heteroatoms. The summed E-state index contributed by atoms with van der Waals surface area (Å²) in [4.78, 5) is 30.7. The van der Waals surface area contributed by atoms with Gasteiger partial charge in [0.05, 0.1) is 5.56 Å². The topological polar surface area (TPSA) is 43.9 Å². The van der Waals surface area contributed by atoms with Crippen molar-refractivity contribution in [3.05, 3.63) is 35.1 Å². The van der Waals surface area contributed by atoms with Crippen LogP contribution in [-0.2, 0) is 4.79 Å². The summed E-state index contributed by atoms with van der Waals surface area (Å²) in [6.07, 6.45) is 0.980. The number of hydrogen-bond acceptors (Lipinski definition) is 3. The average molecular weight is 383 g/mol. The first-order valence-electron chi connectivity index (χ1n) is 9.36. The van der Waals surface area contributed by atoms with Gasteiger partial charge in [-0.15, -0.1) is 0 Å². The van der Waals surface area contributed by atoms with Crippen molar-refractivity contribution in [3.8, 4) is 0 Å². The minimum Gasteiger partial charge on any atom is -0.340 e. The lowest BCUT2D eigenvalue weighted by atomic mass is 9.94. The number of nitrogens with zero attached hydrogens (tertiary/aromatic N) is 3. The van der Waals surface area contributed by atoms with Gasteiger partial charge < -0.3 is 14.7 Å². The van der Waals surface area contributed by atoms with Crippen LogP contribution in [0.3, 0.4) is 0 Å². The summed E-state index contributed by atoms with van der Waals surface area (Å²) < 4.78 is 40.3. The number of hydrogen-bond donors (Lipinski definition) is 0. The van der Waals surface area contributed by atoms with E-state index in [4.69, 9.17) is 0 Å². The first-order valence-corrected chi connectivity index (χ1v) is 9.36. The standard InChI is InChI=1S/C19H24F3N3O2/c1-2-23-9-11-25(12-10-23)18(26)13-5-7-24(8-6-13)19(27)14-3-4-15(20)17(22)16(14)21/h3-4,13H,2,5-12H2,1H3. The molecule has 2 fully saturated rings. The van der Waals surface area contributed by atoms with Gasteiger partial charge in [-0.1, -0.05) is 6.92 Å². The van der Waals surface area contributed by atoms with Crippen LogP contribution in [0.2, 0.25) is 0 Å². The second-order valence-corrected chi connectivity index (χ2v) is 7.05. The number of carbonyl (C=O) groups excluding carboxylic acids is 2. The van der Waals surface area contributed by atoms with Gasteiger partial charge in [0, 0.05) is 45.2 Å². The normalized spacial score (nSPS) is 19.4. The number of piperazine rings is 1. The lowest BCUT2D eigenvalue weighted by Crippen LogP contribution is -2.51. The predicted molar refractivity (Wildman–Crippen MR) is 93.6 cm³/mol. The molecule has 0 aromatic heterocycles. The molecule has 0 aliphatic carbocycles. The maximum absolute atomic E-state index is 13.8. The Balaban J connectivity index is 1.56. The lowest BCUT2D eigenvalue weighted by molar-refractivity contribution is -0.138. The molecule has 5 nitrogen and oxygen atoms in total. The van der Waals surface area contributed by atoms with Crippen LogP contribution >= 0.6 is 0 Å². The number of carbonyl (C=O) groups is 2. The van der Waals surface area contributed by atoms with Crippen molar-refractivity contribution < 1.29 is 22.8 Å². The zero-order valence-electron chi connectivity index (χ0n) is 15.4. The molecule has 0 spiro atoms. The Morgan fingerprint density at radius 2 is 1.56 bits per heavy atom. The van der Waals surface area contributed by atoms with Gasteiger partial charge in [0.15, 0.2) is 17.5 Å². The van der Waals surface area contributed by atoms with Crippen LogP contribution in [0.5, 0.6) is 0 Å². The third-order valence-electron chi connectivity index (χ3n) is 5.53. The highest BCUT2D eigenvalue weighted by molar-refractivity contribution is 5.94. The van der Waals surface area contributed by atoms with Crippen LogP contribution in [0.15, 0.2) is 12.1 Å². The lowest BCUT2D eigenvalue weighted by Gasteiger charge is -2.38. The minimum atomic E-state index is -1.64. The van der Waals surface area contributed by atoms with E-state index in [1.165, 1.54) is 4.90 Å². The molecule has 1 aromatic rings. The third-order valence-corrected chi connectivity index (χ3v) is 5.53. The van der Waals surface area contributed by atoms with Gasteiger partial charge in [0.25, 0.3) is 5.91 Å². The zero-order chi connectivity index (χ0) is 19.6. The maximum atomic E-state index is 13.8. The predicted octanol–water partition coefficient (Wildman–Crippen LogP) is 2.12. The molecular formula is C19H24F3N3O2. The monoisotopic (exact) mass is 383 g/mol. The molecule has 2 aliphatic rings. The third kappa shape index (κ3) is 4.10. The van der Waals surface area contributed by atoms with E-state index in [9.17, 15) is 22.8 Å². The van der Waals surface area contributed by atoms with Gasteiger partial charge >= 0.3 is 0 Å². The maximum Gasteiger partial charge on any atom is 0.256 e. The number of benzene rings is 1. The van der Waals surface area contributed by atoms with Gasteiger partial charge in [-0.3, -0.25) is 9.59 Å².